The van der Waals surface area contributed by atoms with E-state index in [1.165, 1.54) is 12.8 Å². The smallest absolute Gasteiger partial charge is 0.198 e. The molecule has 0 amide bonds. The van der Waals surface area contributed by atoms with Crippen molar-refractivity contribution in [2.24, 2.45) is 5.10 Å². The molecule has 2 aromatic carbocycles. The van der Waals surface area contributed by atoms with Gasteiger partial charge in [0.25, 0.3) is 0 Å². The average molecular weight is 373 g/mol. The highest BCUT2D eigenvalue weighted by atomic mass is 35.5. The topological polar surface area (TPSA) is 24.8 Å². The van der Waals surface area contributed by atoms with Crippen LogP contribution >= 0.6 is 23.2 Å². The van der Waals surface area contributed by atoms with Crippen LogP contribution in [0, 0.1) is 0 Å². The molecular formula is C20H18Cl2N2O. The van der Waals surface area contributed by atoms with E-state index < -0.39 is 0 Å². The van der Waals surface area contributed by atoms with Crippen molar-refractivity contribution in [3.05, 3.63) is 63.6 Å². The van der Waals surface area contributed by atoms with E-state index in [0.29, 0.717) is 0 Å². The summed E-state index contributed by atoms with van der Waals surface area (Å²) in [5.41, 5.74) is 3.04. The lowest BCUT2D eigenvalue weighted by atomic mass is 9.94. The van der Waals surface area contributed by atoms with E-state index in [2.05, 4.69) is 5.01 Å². The first-order valence-corrected chi connectivity index (χ1v) is 9.51. The molecule has 0 unspecified atom stereocenters. The van der Waals surface area contributed by atoms with Gasteiger partial charge in [-0.05, 0) is 48.7 Å². The number of fused-ring (bicyclic) bond motifs is 4. The van der Waals surface area contributed by atoms with Crippen molar-refractivity contribution >= 4 is 28.9 Å². The summed E-state index contributed by atoms with van der Waals surface area (Å²) >= 11 is 12.3. The zero-order chi connectivity index (χ0) is 17.0. The van der Waals surface area contributed by atoms with Crippen LogP contribution in [0.2, 0.25) is 10.0 Å². The molecule has 5 heteroatoms. The van der Waals surface area contributed by atoms with Gasteiger partial charge in [0.2, 0.25) is 0 Å². The maximum atomic E-state index is 6.49. The van der Waals surface area contributed by atoms with E-state index in [0.717, 1.165) is 51.9 Å². The van der Waals surface area contributed by atoms with Crippen LogP contribution in [-0.4, -0.2) is 16.4 Å². The predicted molar refractivity (Wildman–Crippen MR) is 100 cm³/mol. The van der Waals surface area contributed by atoms with Gasteiger partial charge in [0, 0.05) is 34.9 Å². The van der Waals surface area contributed by atoms with Gasteiger partial charge in [0.15, 0.2) is 5.72 Å². The van der Waals surface area contributed by atoms with Crippen molar-refractivity contribution < 1.29 is 4.74 Å². The Morgan fingerprint density at radius 3 is 2.48 bits per heavy atom. The highest BCUT2D eigenvalue weighted by Gasteiger charge is 2.51. The Bertz CT molecular complexity index is 856. The van der Waals surface area contributed by atoms with Crippen molar-refractivity contribution in [1.29, 1.82) is 0 Å². The molecule has 2 aromatic rings. The molecule has 0 bridgehead atoms. The molecular weight excluding hydrogens is 355 g/mol. The highest BCUT2D eigenvalue weighted by Crippen LogP contribution is 2.52. The van der Waals surface area contributed by atoms with Crippen molar-refractivity contribution in [2.75, 3.05) is 0 Å². The summed E-state index contributed by atoms with van der Waals surface area (Å²) in [7, 11) is 0. The third-order valence-electron chi connectivity index (χ3n) is 5.52. The summed E-state index contributed by atoms with van der Waals surface area (Å²) in [6.45, 7) is 0. The SMILES string of the molecule is Clc1ccc(C2=NN3[C@H](C2)c2cc(Cl)ccc2OC32CCCC2)cc1. The standard InChI is InChI=1S/C20H18Cl2N2O/c21-14-5-3-13(4-6-14)17-12-18-16-11-15(22)7-8-19(16)25-20(24(18)23-17)9-1-2-10-20/h3-8,11,18H,1-2,9-10,12H2/t18-/m1/s1. The van der Waals surface area contributed by atoms with Gasteiger partial charge in [-0.1, -0.05) is 35.3 Å². The molecule has 3 aliphatic rings. The van der Waals surface area contributed by atoms with Crippen LogP contribution in [0.3, 0.4) is 0 Å². The van der Waals surface area contributed by atoms with Crippen LogP contribution in [0.5, 0.6) is 5.75 Å². The number of nitrogens with zero attached hydrogens (tertiary/aromatic N) is 2. The van der Waals surface area contributed by atoms with Crippen molar-refractivity contribution in [3.63, 3.8) is 0 Å². The summed E-state index contributed by atoms with van der Waals surface area (Å²) in [6.07, 6.45) is 5.25. The quantitative estimate of drug-likeness (QED) is 0.630. The Hall–Kier alpha value is -1.71. The fourth-order valence-corrected chi connectivity index (χ4v) is 4.63. The lowest BCUT2D eigenvalue weighted by Crippen LogP contribution is -2.51. The van der Waals surface area contributed by atoms with Gasteiger partial charge in [0.05, 0.1) is 11.8 Å². The first-order chi connectivity index (χ1) is 12.1. The molecule has 5 rings (SSSR count). The van der Waals surface area contributed by atoms with Crippen LogP contribution in [0.4, 0.5) is 0 Å². The summed E-state index contributed by atoms with van der Waals surface area (Å²) in [5, 5.41) is 8.71. The van der Waals surface area contributed by atoms with E-state index in [1.807, 2.05) is 42.5 Å². The third kappa shape index (κ3) is 2.44. The number of hydrazone groups is 1. The fourth-order valence-electron chi connectivity index (χ4n) is 4.33. The van der Waals surface area contributed by atoms with Crippen molar-refractivity contribution in [3.8, 4) is 5.75 Å². The Balaban J connectivity index is 1.60. The van der Waals surface area contributed by atoms with E-state index in [4.69, 9.17) is 33.0 Å². The van der Waals surface area contributed by atoms with Crippen molar-refractivity contribution in [1.82, 2.24) is 5.01 Å². The largest absolute Gasteiger partial charge is 0.466 e. The molecule has 128 valence electrons. The molecule has 1 fully saturated rings. The lowest BCUT2D eigenvalue weighted by Gasteiger charge is -2.45. The zero-order valence-corrected chi connectivity index (χ0v) is 15.2. The van der Waals surface area contributed by atoms with Crippen LogP contribution in [-0.2, 0) is 0 Å². The Morgan fingerprint density at radius 2 is 1.72 bits per heavy atom. The Labute approximate surface area is 157 Å². The number of hydrogen-bond donors (Lipinski definition) is 0. The van der Waals surface area contributed by atoms with E-state index in [9.17, 15) is 0 Å². The highest BCUT2D eigenvalue weighted by molar-refractivity contribution is 6.31. The maximum absolute atomic E-state index is 6.49. The summed E-state index contributed by atoms with van der Waals surface area (Å²) in [6, 6.07) is 14.1. The van der Waals surface area contributed by atoms with Crippen LogP contribution in [0.1, 0.15) is 49.3 Å². The Morgan fingerprint density at radius 1 is 1.00 bits per heavy atom. The van der Waals surface area contributed by atoms with E-state index in [-0.39, 0.29) is 11.8 Å². The predicted octanol–water partition coefficient (Wildman–Crippen LogP) is 5.81. The summed E-state index contributed by atoms with van der Waals surface area (Å²) in [5.74, 6) is 0.958. The zero-order valence-electron chi connectivity index (χ0n) is 13.7. The molecule has 0 saturated heterocycles. The van der Waals surface area contributed by atoms with Crippen LogP contribution in [0.15, 0.2) is 47.6 Å². The average Bonchev–Trinajstić information content (AvgIpc) is 3.25. The molecule has 0 aromatic heterocycles. The van der Waals surface area contributed by atoms with Gasteiger partial charge >= 0.3 is 0 Å². The molecule has 2 aliphatic heterocycles. The van der Waals surface area contributed by atoms with Gasteiger partial charge in [-0.25, -0.2) is 5.01 Å². The summed E-state index contributed by atoms with van der Waals surface area (Å²) < 4.78 is 6.49. The minimum Gasteiger partial charge on any atom is -0.466 e. The van der Waals surface area contributed by atoms with Crippen LogP contribution in [0.25, 0.3) is 0 Å². The van der Waals surface area contributed by atoms with E-state index in [1.54, 1.807) is 0 Å². The normalized spacial score (nSPS) is 23.2. The fraction of sp³-hybridized carbons (Fsp3) is 0.350. The minimum absolute atomic E-state index is 0.186. The van der Waals surface area contributed by atoms with E-state index >= 15 is 0 Å². The van der Waals surface area contributed by atoms with Gasteiger partial charge in [-0.3, -0.25) is 0 Å². The van der Waals surface area contributed by atoms with Crippen LogP contribution < -0.4 is 4.74 Å². The van der Waals surface area contributed by atoms with Crippen molar-refractivity contribution in [2.45, 2.75) is 43.9 Å². The van der Waals surface area contributed by atoms with Gasteiger partial charge in [-0.15, -0.1) is 0 Å². The molecule has 1 spiro atoms. The minimum atomic E-state index is -0.306. The first kappa shape index (κ1) is 15.5. The van der Waals surface area contributed by atoms with Gasteiger partial charge in [-0.2, -0.15) is 5.10 Å². The molecule has 0 radical (unpaired) electrons. The molecule has 0 N–H and O–H groups in total. The summed E-state index contributed by atoms with van der Waals surface area (Å²) in [4.78, 5) is 0. The molecule has 1 saturated carbocycles. The number of rotatable bonds is 1. The Kier molecular flexibility index (Phi) is 3.51. The second-order valence-electron chi connectivity index (χ2n) is 7.06. The first-order valence-electron chi connectivity index (χ1n) is 8.76. The number of hydrogen-bond acceptors (Lipinski definition) is 3. The number of ether oxygens (including phenoxy) is 1. The molecule has 2 heterocycles. The maximum Gasteiger partial charge on any atom is 0.198 e. The third-order valence-corrected chi connectivity index (χ3v) is 6.01. The lowest BCUT2D eigenvalue weighted by molar-refractivity contribution is -0.114. The molecule has 1 aliphatic carbocycles. The molecule has 3 nitrogen and oxygen atoms in total. The molecule has 25 heavy (non-hydrogen) atoms. The monoisotopic (exact) mass is 372 g/mol. The number of halogens is 2. The number of benzene rings is 2. The second-order valence-corrected chi connectivity index (χ2v) is 7.93. The molecule has 1 atom stereocenters. The van der Waals surface area contributed by atoms with Gasteiger partial charge < -0.3 is 4.74 Å². The van der Waals surface area contributed by atoms with Gasteiger partial charge in [0.1, 0.15) is 5.75 Å². The second kappa shape index (κ2) is 5.65.